The van der Waals surface area contributed by atoms with Gasteiger partial charge < -0.3 is 0 Å². The average Bonchev–Trinajstić information content (AvgIpc) is 2.31. The summed E-state index contributed by atoms with van der Waals surface area (Å²) in [5, 5.41) is 0. The molecule has 0 N–H and O–H groups in total. The fourth-order valence-electron chi connectivity index (χ4n) is 3.01. The van der Waals surface area contributed by atoms with E-state index in [4.69, 9.17) is 34.8 Å². The summed E-state index contributed by atoms with van der Waals surface area (Å²) in [4.78, 5) is -0.797. The van der Waals surface area contributed by atoms with Crippen LogP contribution in [-0.4, -0.2) is 4.87 Å². The van der Waals surface area contributed by atoms with Crippen molar-refractivity contribution in [2.24, 2.45) is 5.41 Å². The van der Waals surface area contributed by atoms with E-state index >= 15 is 0 Å². The Labute approximate surface area is 184 Å². The van der Waals surface area contributed by atoms with Crippen LogP contribution in [-0.2, 0) is 15.2 Å². The van der Waals surface area contributed by atoms with Crippen LogP contribution in [0.3, 0.4) is 0 Å². The summed E-state index contributed by atoms with van der Waals surface area (Å²) in [5.74, 6) is 0. The Morgan fingerprint density at radius 1 is 0.556 bits per heavy atom. The SMILES string of the molecule is CC(C)(C)CC(C)(C)Cl.CC(C)(C)c1cc(C(C)(C)Cl)cc(C(C)(C)Cl)c1. The Kier molecular flexibility index (Phi) is 8.87. The van der Waals surface area contributed by atoms with Gasteiger partial charge in [0.1, 0.15) is 0 Å². The Morgan fingerprint density at radius 2 is 0.852 bits per heavy atom. The van der Waals surface area contributed by atoms with E-state index in [0.717, 1.165) is 17.5 Å². The smallest absolute Gasteiger partial charge is 0.0639 e. The molecule has 0 aliphatic rings. The van der Waals surface area contributed by atoms with Crippen LogP contribution in [0.25, 0.3) is 0 Å². The van der Waals surface area contributed by atoms with Gasteiger partial charge in [-0.15, -0.1) is 34.8 Å². The molecule has 158 valence electrons. The van der Waals surface area contributed by atoms with Crippen LogP contribution in [0.2, 0.25) is 0 Å². The molecule has 0 unspecified atom stereocenters. The zero-order valence-corrected chi connectivity index (χ0v) is 21.8. The molecule has 0 spiro atoms. The maximum absolute atomic E-state index is 6.46. The highest BCUT2D eigenvalue weighted by Gasteiger charge is 2.26. The minimum Gasteiger partial charge on any atom is -0.120 e. The van der Waals surface area contributed by atoms with Gasteiger partial charge in [0.05, 0.1) is 9.75 Å². The molecule has 0 fully saturated rings. The number of hydrogen-bond donors (Lipinski definition) is 0. The number of halogens is 3. The monoisotopic (exact) mass is 434 g/mol. The summed E-state index contributed by atoms with van der Waals surface area (Å²) in [6.07, 6.45) is 1.06. The van der Waals surface area contributed by atoms with Gasteiger partial charge in [0.25, 0.3) is 0 Å². The Balaban J connectivity index is 0.000000636. The molecule has 0 heterocycles. The molecule has 0 aromatic heterocycles. The molecule has 27 heavy (non-hydrogen) atoms. The standard InChI is InChI=1S/C16H24Cl2.C8H17Cl/c1-14(2,3)11-8-12(15(4,5)17)10-13(9-11)16(6,7)18;1-7(2,3)6-8(4,5)9/h8-10H,1-7H3;6H2,1-5H3. The summed E-state index contributed by atoms with van der Waals surface area (Å²) < 4.78 is 0. The molecule has 0 radical (unpaired) electrons. The van der Waals surface area contributed by atoms with E-state index in [1.807, 2.05) is 27.7 Å². The summed E-state index contributed by atoms with van der Waals surface area (Å²) in [6.45, 7) is 25.4. The predicted molar refractivity (Wildman–Crippen MR) is 127 cm³/mol. The second kappa shape index (κ2) is 8.85. The molecule has 1 aromatic rings. The summed E-state index contributed by atoms with van der Waals surface area (Å²) in [5.41, 5.74) is 3.97. The van der Waals surface area contributed by atoms with E-state index in [0.29, 0.717) is 5.41 Å². The zero-order valence-electron chi connectivity index (χ0n) is 19.6. The molecule has 0 amide bonds. The fourth-order valence-corrected chi connectivity index (χ4v) is 3.63. The number of benzene rings is 1. The van der Waals surface area contributed by atoms with Gasteiger partial charge in [-0.25, -0.2) is 0 Å². The fraction of sp³-hybridized carbons (Fsp3) is 0.750. The molecule has 0 aliphatic carbocycles. The summed E-state index contributed by atoms with van der Waals surface area (Å²) in [6, 6.07) is 6.51. The lowest BCUT2D eigenvalue weighted by Gasteiger charge is -2.27. The quantitative estimate of drug-likeness (QED) is 0.415. The largest absolute Gasteiger partial charge is 0.120 e. The van der Waals surface area contributed by atoms with Crippen molar-refractivity contribution in [3.05, 3.63) is 34.9 Å². The van der Waals surface area contributed by atoms with E-state index in [1.54, 1.807) is 0 Å². The van der Waals surface area contributed by atoms with Crippen molar-refractivity contribution < 1.29 is 0 Å². The van der Waals surface area contributed by atoms with Crippen molar-refractivity contribution in [1.82, 2.24) is 0 Å². The van der Waals surface area contributed by atoms with Crippen LogP contribution in [0.5, 0.6) is 0 Å². The minimum atomic E-state index is -0.377. The Hall–Kier alpha value is 0.0900. The van der Waals surface area contributed by atoms with E-state index < -0.39 is 0 Å². The molecule has 0 saturated carbocycles. The first-order valence-electron chi connectivity index (χ1n) is 9.76. The van der Waals surface area contributed by atoms with Crippen molar-refractivity contribution in [3.8, 4) is 0 Å². The molecule has 1 rings (SSSR count). The van der Waals surface area contributed by atoms with E-state index in [2.05, 4.69) is 73.6 Å². The third-order valence-electron chi connectivity index (χ3n) is 4.12. The molecule has 0 atom stereocenters. The highest BCUT2D eigenvalue weighted by Crippen LogP contribution is 2.37. The first-order valence-corrected chi connectivity index (χ1v) is 10.9. The first-order chi connectivity index (χ1) is 11.5. The zero-order chi connectivity index (χ0) is 22.1. The van der Waals surface area contributed by atoms with Crippen molar-refractivity contribution in [3.63, 3.8) is 0 Å². The van der Waals surface area contributed by atoms with Crippen molar-refractivity contribution in [1.29, 1.82) is 0 Å². The average molecular weight is 436 g/mol. The van der Waals surface area contributed by atoms with Gasteiger partial charge in [0.15, 0.2) is 0 Å². The van der Waals surface area contributed by atoms with Crippen LogP contribution < -0.4 is 0 Å². The van der Waals surface area contributed by atoms with Crippen molar-refractivity contribution in [2.45, 2.75) is 110 Å². The molecule has 0 nitrogen and oxygen atoms in total. The third-order valence-corrected chi connectivity index (χ3v) is 4.69. The number of rotatable bonds is 3. The van der Waals surface area contributed by atoms with Crippen molar-refractivity contribution >= 4 is 34.8 Å². The van der Waals surface area contributed by atoms with Crippen LogP contribution in [0.15, 0.2) is 18.2 Å². The van der Waals surface area contributed by atoms with Crippen LogP contribution in [0, 0.1) is 5.41 Å². The molecule has 0 aliphatic heterocycles. The topological polar surface area (TPSA) is 0 Å². The lowest BCUT2D eigenvalue weighted by Crippen LogP contribution is -2.20. The van der Waals surface area contributed by atoms with E-state index in [1.165, 1.54) is 5.56 Å². The van der Waals surface area contributed by atoms with Crippen molar-refractivity contribution in [2.75, 3.05) is 0 Å². The summed E-state index contributed by atoms with van der Waals surface area (Å²) >= 11 is 18.9. The van der Waals surface area contributed by atoms with Crippen LogP contribution >= 0.6 is 34.8 Å². The molecular formula is C24H41Cl3. The lowest BCUT2D eigenvalue weighted by atomic mass is 9.82. The molecule has 3 heteroatoms. The predicted octanol–water partition coefficient (Wildman–Crippen LogP) is 9.37. The lowest BCUT2D eigenvalue weighted by molar-refractivity contribution is 0.336. The first kappa shape index (κ1) is 27.1. The van der Waals surface area contributed by atoms with Crippen LogP contribution in [0.1, 0.15) is 106 Å². The highest BCUT2D eigenvalue weighted by atomic mass is 35.5. The second-order valence-electron chi connectivity index (χ2n) is 11.5. The van der Waals surface area contributed by atoms with Gasteiger partial charge in [-0.3, -0.25) is 0 Å². The van der Waals surface area contributed by atoms with Gasteiger partial charge in [-0.05, 0) is 75.5 Å². The van der Waals surface area contributed by atoms with Gasteiger partial charge in [0.2, 0.25) is 0 Å². The molecular weight excluding hydrogens is 395 g/mol. The van der Waals surface area contributed by atoms with E-state index in [-0.39, 0.29) is 20.0 Å². The maximum atomic E-state index is 6.46. The minimum absolute atomic E-state index is 0.0434. The normalized spacial score (nSPS) is 13.9. The maximum Gasteiger partial charge on any atom is 0.0639 e. The van der Waals surface area contributed by atoms with Gasteiger partial charge >= 0.3 is 0 Å². The summed E-state index contributed by atoms with van der Waals surface area (Å²) in [7, 11) is 0. The number of hydrogen-bond acceptors (Lipinski definition) is 0. The van der Waals surface area contributed by atoms with Crippen LogP contribution in [0.4, 0.5) is 0 Å². The highest BCUT2D eigenvalue weighted by molar-refractivity contribution is 6.24. The molecule has 1 aromatic carbocycles. The molecule has 0 bridgehead atoms. The van der Waals surface area contributed by atoms with Gasteiger partial charge in [-0.2, -0.15) is 0 Å². The second-order valence-corrected chi connectivity index (χ2v) is 14.4. The Bertz CT molecular complexity index is 504. The Morgan fingerprint density at radius 3 is 1.00 bits per heavy atom. The van der Waals surface area contributed by atoms with Gasteiger partial charge in [0, 0.05) is 4.87 Å². The van der Waals surface area contributed by atoms with E-state index in [9.17, 15) is 0 Å². The molecule has 0 saturated heterocycles. The van der Waals surface area contributed by atoms with Gasteiger partial charge in [-0.1, -0.05) is 59.7 Å². The third kappa shape index (κ3) is 11.6. The number of alkyl halides is 3.